The number of hydrogen-bond donors (Lipinski definition) is 2. The maximum absolute atomic E-state index is 12.2. The van der Waals surface area contributed by atoms with Crippen molar-refractivity contribution in [2.45, 2.75) is 4.90 Å². The number of aromatic nitrogens is 1. The van der Waals surface area contributed by atoms with E-state index in [4.69, 9.17) is 5.14 Å². The van der Waals surface area contributed by atoms with Gasteiger partial charge in [-0.15, -0.1) is 0 Å². The first-order valence-electron chi connectivity index (χ1n) is 6.73. The molecule has 0 bridgehead atoms. The Kier molecular flexibility index (Phi) is 4.20. The zero-order chi connectivity index (χ0) is 18.2. The van der Waals surface area contributed by atoms with Crippen LogP contribution in [0, 0.1) is 10.1 Å². The Hall–Kier alpha value is -2.89. The van der Waals surface area contributed by atoms with E-state index in [1.165, 1.54) is 36.4 Å². The number of non-ortho nitro benzene ring substituents is 1. The van der Waals surface area contributed by atoms with Gasteiger partial charge < -0.3 is 0 Å². The highest BCUT2D eigenvalue weighted by molar-refractivity contribution is 7.89. The number of rotatable bonds is 4. The highest BCUT2D eigenvalue weighted by atomic mass is 32.2. The van der Waals surface area contributed by atoms with Crippen LogP contribution in [0.4, 0.5) is 10.8 Å². The molecule has 0 aliphatic rings. The SMILES string of the molecule is NS(=O)(=O)c1ccc2nc(NC(=O)c3cccc([N+](=O)[O-])c3)sc2c1. The number of nitro benzene ring substituents is 1. The number of nitro groups is 1. The van der Waals surface area contributed by atoms with Gasteiger partial charge in [-0.1, -0.05) is 17.4 Å². The van der Waals surface area contributed by atoms with Crippen molar-refractivity contribution < 1.29 is 18.1 Å². The molecule has 0 unspecified atom stereocenters. The fourth-order valence-corrected chi connectivity index (χ4v) is 3.58. The van der Waals surface area contributed by atoms with Crippen molar-refractivity contribution in [1.82, 2.24) is 4.98 Å². The summed E-state index contributed by atoms with van der Waals surface area (Å²) < 4.78 is 23.3. The number of anilines is 1. The molecular formula is C14H10N4O5S2. The van der Waals surface area contributed by atoms with Gasteiger partial charge in [0.25, 0.3) is 11.6 Å². The van der Waals surface area contributed by atoms with Crippen LogP contribution in [0.2, 0.25) is 0 Å². The molecule has 25 heavy (non-hydrogen) atoms. The van der Waals surface area contributed by atoms with E-state index in [1.807, 2.05) is 0 Å². The molecule has 1 amide bonds. The van der Waals surface area contributed by atoms with Crippen LogP contribution in [0.15, 0.2) is 47.4 Å². The molecule has 1 aromatic heterocycles. The molecule has 3 N–H and O–H groups in total. The van der Waals surface area contributed by atoms with E-state index in [0.717, 1.165) is 17.4 Å². The standard InChI is InChI=1S/C14H10N4O5S2/c15-25(22,23)10-4-5-11-12(7-10)24-14(16-11)17-13(19)8-2-1-3-9(6-8)18(20)21/h1-7H,(H2,15,22,23)(H,16,17,19). The molecule has 0 spiro atoms. The maximum atomic E-state index is 12.2. The third kappa shape index (κ3) is 3.63. The summed E-state index contributed by atoms with van der Waals surface area (Å²) in [7, 11) is -3.84. The van der Waals surface area contributed by atoms with Crippen molar-refractivity contribution in [2.75, 3.05) is 5.32 Å². The molecule has 128 valence electrons. The molecule has 9 nitrogen and oxygen atoms in total. The maximum Gasteiger partial charge on any atom is 0.270 e. The number of sulfonamides is 1. The van der Waals surface area contributed by atoms with E-state index in [9.17, 15) is 23.3 Å². The van der Waals surface area contributed by atoms with Crippen LogP contribution in [0.3, 0.4) is 0 Å². The van der Waals surface area contributed by atoms with E-state index in [2.05, 4.69) is 10.3 Å². The summed E-state index contributed by atoms with van der Waals surface area (Å²) in [6.45, 7) is 0. The summed E-state index contributed by atoms with van der Waals surface area (Å²) in [6.07, 6.45) is 0. The Morgan fingerprint density at radius 3 is 2.68 bits per heavy atom. The molecule has 0 radical (unpaired) electrons. The summed E-state index contributed by atoms with van der Waals surface area (Å²) in [4.78, 5) is 26.5. The van der Waals surface area contributed by atoms with Gasteiger partial charge in [0.2, 0.25) is 10.0 Å². The summed E-state index contributed by atoms with van der Waals surface area (Å²) >= 11 is 1.06. The molecule has 0 aliphatic heterocycles. The van der Waals surface area contributed by atoms with Crippen molar-refractivity contribution >= 4 is 48.3 Å². The smallest absolute Gasteiger partial charge is 0.270 e. The number of nitrogens with one attached hydrogen (secondary N) is 1. The van der Waals surface area contributed by atoms with Gasteiger partial charge in [0.15, 0.2) is 5.13 Å². The third-order valence-corrected chi connectivity index (χ3v) is 5.07. The highest BCUT2D eigenvalue weighted by Gasteiger charge is 2.15. The highest BCUT2D eigenvalue weighted by Crippen LogP contribution is 2.28. The fourth-order valence-electron chi connectivity index (χ4n) is 2.07. The van der Waals surface area contributed by atoms with Gasteiger partial charge in [-0.05, 0) is 24.3 Å². The number of hydrogen-bond acceptors (Lipinski definition) is 7. The Bertz CT molecular complexity index is 1110. The van der Waals surface area contributed by atoms with Gasteiger partial charge in [-0.25, -0.2) is 18.5 Å². The van der Waals surface area contributed by atoms with Gasteiger partial charge >= 0.3 is 0 Å². The zero-order valence-corrected chi connectivity index (χ0v) is 14.0. The first-order chi connectivity index (χ1) is 11.7. The number of carbonyl (C=O) groups is 1. The number of carbonyl (C=O) groups excluding carboxylic acids is 1. The quantitative estimate of drug-likeness (QED) is 0.525. The molecule has 0 atom stereocenters. The molecule has 0 aliphatic carbocycles. The van der Waals surface area contributed by atoms with Crippen LogP contribution >= 0.6 is 11.3 Å². The van der Waals surface area contributed by atoms with Crippen molar-refractivity contribution in [3.63, 3.8) is 0 Å². The third-order valence-electron chi connectivity index (χ3n) is 3.23. The van der Waals surface area contributed by atoms with Gasteiger partial charge in [0.05, 0.1) is 20.0 Å². The molecule has 0 saturated heterocycles. The summed E-state index contributed by atoms with van der Waals surface area (Å²) in [5.74, 6) is -0.561. The molecule has 0 fully saturated rings. The first kappa shape index (κ1) is 17.0. The minimum Gasteiger partial charge on any atom is -0.298 e. The van der Waals surface area contributed by atoms with Gasteiger partial charge in [-0.3, -0.25) is 20.2 Å². The minimum absolute atomic E-state index is 0.0554. The van der Waals surface area contributed by atoms with Crippen LogP contribution < -0.4 is 10.5 Å². The normalized spacial score (nSPS) is 11.4. The molecule has 1 heterocycles. The van der Waals surface area contributed by atoms with E-state index in [-0.39, 0.29) is 21.3 Å². The Morgan fingerprint density at radius 1 is 1.24 bits per heavy atom. The summed E-state index contributed by atoms with van der Waals surface area (Å²) in [5.41, 5.74) is 0.403. The van der Waals surface area contributed by atoms with Crippen molar-refractivity contribution in [2.24, 2.45) is 5.14 Å². The number of fused-ring (bicyclic) bond motifs is 1. The second-order valence-corrected chi connectivity index (χ2v) is 7.55. The largest absolute Gasteiger partial charge is 0.298 e. The molecule has 11 heteroatoms. The predicted molar refractivity (Wildman–Crippen MR) is 92.0 cm³/mol. The average Bonchev–Trinajstić information content (AvgIpc) is 2.95. The predicted octanol–water partition coefficient (Wildman–Crippen LogP) is 2.10. The summed E-state index contributed by atoms with van der Waals surface area (Å²) in [6, 6.07) is 9.45. The van der Waals surface area contributed by atoms with Crippen LogP contribution in [-0.4, -0.2) is 24.2 Å². The van der Waals surface area contributed by atoms with Crippen molar-refractivity contribution in [3.8, 4) is 0 Å². The molecule has 2 aromatic carbocycles. The second kappa shape index (κ2) is 6.20. The molecule has 3 aromatic rings. The Labute approximate surface area is 145 Å². The van der Waals surface area contributed by atoms with E-state index in [1.54, 1.807) is 0 Å². The van der Waals surface area contributed by atoms with Gasteiger partial charge in [0, 0.05) is 17.7 Å². The lowest BCUT2D eigenvalue weighted by atomic mass is 10.2. The lowest BCUT2D eigenvalue weighted by Crippen LogP contribution is -2.11. The number of primary sulfonamides is 1. The van der Waals surface area contributed by atoms with Crippen LogP contribution in [0.5, 0.6) is 0 Å². The monoisotopic (exact) mass is 378 g/mol. The van der Waals surface area contributed by atoms with Gasteiger partial charge in [0.1, 0.15) is 0 Å². The minimum atomic E-state index is -3.84. The number of benzene rings is 2. The topological polar surface area (TPSA) is 145 Å². The van der Waals surface area contributed by atoms with Crippen LogP contribution in [0.25, 0.3) is 10.2 Å². The second-order valence-electron chi connectivity index (χ2n) is 4.96. The van der Waals surface area contributed by atoms with E-state index < -0.39 is 20.9 Å². The zero-order valence-electron chi connectivity index (χ0n) is 12.4. The molecule has 3 rings (SSSR count). The summed E-state index contributed by atoms with van der Waals surface area (Å²) in [5, 5.41) is 18.6. The number of nitrogens with zero attached hydrogens (tertiary/aromatic N) is 2. The number of thiazole rings is 1. The lowest BCUT2D eigenvalue weighted by Gasteiger charge is -2.01. The van der Waals surface area contributed by atoms with Crippen LogP contribution in [-0.2, 0) is 10.0 Å². The van der Waals surface area contributed by atoms with Gasteiger partial charge in [-0.2, -0.15) is 0 Å². The lowest BCUT2D eigenvalue weighted by molar-refractivity contribution is -0.384. The van der Waals surface area contributed by atoms with Crippen molar-refractivity contribution in [3.05, 3.63) is 58.1 Å². The number of nitrogens with two attached hydrogens (primary N) is 1. The van der Waals surface area contributed by atoms with Crippen LogP contribution in [0.1, 0.15) is 10.4 Å². The molecule has 0 saturated carbocycles. The van der Waals surface area contributed by atoms with E-state index in [0.29, 0.717) is 10.2 Å². The first-order valence-corrected chi connectivity index (χ1v) is 9.09. The Morgan fingerprint density at radius 2 is 2.00 bits per heavy atom. The average molecular weight is 378 g/mol. The fraction of sp³-hybridized carbons (Fsp3) is 0. The molecular weight excluding hydrogens is 368 g/mol. The van der Waals surface area contributed by atoms with Crippen molar-refractivity contribution in [1.29, 1.82) is 0 Å². The van der Waals surface area contributed by atoms with E-state index >= 15 is 0 Å². The Balaban J connectivity index is 1.89. The number of amides is 1.